The number of benzene rings is 3. The topological polar surface area (TPSA) is 102 Å². The van der Waals surface area contributed by atoms with Crippen LogP contribution >= 0.6 is 0 Å². The minimum Gasteiger partial charge on any atom is -0.482 e. The van der Waals surface area contributed by atoms with Gasteiger partial charge in [0.25, 0.3) is 15.9 Å². The van der Waals surface area contributed by atoms with E-state index in [1.165, 1.54) is 23.5 Å². The third-order valence-corrected chi connectivity index (χ3v) is 7.40. The summed E-state index contributed by atoms with van der Waals surface area (Å²) in [5.74, 6) is -0.624. The first kappa shape index (κ1) is 23.3. The summed E-state index contributed by atoms with van der Waals surface area (Å²) in [5, 5.41) is 2.73. The molecule has 1 N–H and O–H groups in total. The third-order valence-electron chi connectivity index (χ3n) is 5.47. The number of fused-ring (bicyclic) bond motifs is 1. The molecule has 0 radical (unpaired) electrons. The number of amides is 1. The Morgan fingerprint density at radius 2 is 1.79 bits per heavy atom. The number of anilines is 2. The van der Waals surface area contributed by atoms with E-state index in [9.17, 15) is 18.0 Å². The zero-order chi connectivity index (χ0) is 24.3. The van der Waals surface area contributed by atoms with Gasteiger partial charge in [-0.3, -0.25) is 9.10 Å². The SMILES string of the molecule is COC(=O)COc1cccc(NC(=O)c2cccc(S(=O)(=O)N3c4ccccc4C[C@@H]3C)c2)c1. The highest BCUT2D eigenvalue weighted by molar-refractivity contribution is 7.92. The average Bonchev–Trinajstić information content (AvgIpc) is 3.19. The second-order valence-electron chi connectivity index (χ2n) is 7.86. The fourth-order valence-corrected chi connectivity index (χ4v) is 5.62. The molecule has 1 aliphatic heterocycles. The van der Waals surface area contributed by atoms with E-state index in [4.69, 9.17) is 4.74 Å². The van der Waals surface area contributed by atoms with Gasteiger partial charge in [-0.25, -0.2) is 13.2 Å². The Kier molecular flexibility index (Phi) is 6.56. The van der Waals surface area contributed by atoms with Crippen molar-refractivity contribution in [2.24, 2.45) is 0 Å². The van der Waals surface area contributed by atoms with Crippen molar-refractivity contribution in [3.63, 3.8) is 0 Å². The van der Waals surface area contributed by atoms with E-state index < -0.39 is 21.9 Å². The van der Waals surface area contributed by atoms with Gasteiger partial charge in [0.2, 0.25) is 0 Å². The number of hydrogen-bond donors (Lipinski definition) is 1. The zero-order valence-corrected chi connectivity index (χ0v) is 19.5. The van der Waals surface area contributed by atoms with E-state index in [0.29, 0.717) is 23.5 Å². The van der Waals surface area contributed by atoms with Crippen LogP contribution in [0, 0.1) is 0 Å². The van der Waals surface area contributed by atoms with Gasteiger partial charge in [0.1, 0.15) is 5.75 Å². The van der Waals surface area contributed by atoms with Gasteiger partial charge in [-0.05, 0) is 55.3 Å². The molecule has 9 heteroatoms. The second kappa shape index (κ2) is 9.56. The molecule has 0 unspecified atom stereocenters. The monoisotopic (exact) mass is 480 g/mol. The molecular weight excluding hydrogens is 456 g/mol. The predicted octanol–water partition coefficient (Wildman–Crippen LogP) is 3.63. The standard InChI is InChI=1S/C25H24N2O6S/c1-17-13-18-7-3-4-12-23(18)27(17)34(30,31)22-11-5-8-19(14-22)25(29)26-20-9-6-10-21(15-20)33-16-24(28)32-2/h3-12,14-15,17H,13,16H2,1-2H3,(H,26,29)/t17-/m0/s1. The number of carbonyl (C=O) groups is 2. The van der Waals surface area contributed by atoms with Crippen molar-refractivity contribution in [2.75, 3.05) is 23.3 Å². The number of sulfonamides is 1. The largest absolute Gasteiger partial charge is 0.482 e. The van der Waals surface area contributed by atoms with E-state index in [1.54, 1.807) is 42.5 Å². The van der Waals surface area contributed by atoms with Gasteiger partial charge in [0.15, 0.2) is 6.61 Å². The first-order valence-corrected chi connectivity index (χ1v) is 12.1. The maximum atomic E-state index is 13.5. The van der Waals surface area contributed by atoms with Crippen molar-refractivity contribution in [3.05, 3.63) is 83.9 Å². The number of hydrogen-bond acceptors (Lipinski definition) is 6. The molecular formula is C25H24N2O6S. The fourth-order valence-electron chi connectivity index (χ4n) is 3.88. The van der Waals surface area contributed by atoms with Gasteiger partial charge in [-0.1, -0.05) is 30.3 Å². The van der Waals surface area contributed by atoms with Crippen molar-refractivity contribution >= 4 is 33.3 Å². The normalized spacial score (nSPS) is 14.9. The summed E-state index contributed by atoms with van der Waals surface area (Å²) >= 11 is 0. The highest BCUT2D eigenvalue weighted by Gasteiger charge is 2.36. The van der Waals surface area contributed by atoms with Crippen molar-refractivity contribution in [1.82, 2.24) is 0 Å². The van der Waals surface area contributed by atoms with Gasteiger partial charge in [-0.2, -0.15) is 0 Å². The average molecular weight is 481 g/mol. The molecule has 34 heavy (non-hydrogen) atoms. The van der Waals surface area contributed by atoms with E-state index in [-0.39, 0.29) is 23.1 Å². The highest BCUT2D eigenvalue weighted by Crippen LogP contribution is 2.36. The summed E-state index contributed by atoms with van der Waals surface area (Å²) < 4.78 is 38.2. The number of nitrogens with one attached hydrogen (secondary N) is 1. The lowest BCUT2D eigenvalue weighted by Gasteiger charge is -2.24. The van der Waals surface area contributed by atoms with Gasteiger partial charge < -0.3 is 14.8 Å². The number of carbonyl (C=O) groups excluding carboxylic acids is 2. The molecule has 3 aromatic carbocycles. The van der Waals surface area contributed by atoms with Gasteiger partial charge in [0, 0.05) is 23.4 Å². The third kappa shape index (κ3) is 4.74. The quantitative estimate of drug-likeness (QED) is 0.518. The molecule has 176 valence electrons. The molecule has 0 bridgehead atoms. The molecule has 0 aliphatic carbocycles. The maximum absolute atomic E-state index is 13.5. The molecule has 0 saturated heterocycles. The molecule has 8 nitrogen and oxygen atoms in total. The van der Waals surface area contributed by atoms with E-state index >= 15 is 0 Å². The van der Waals surface area contributed by atoms with E-state index in [1.807, 2.05) is 25.1 Å². The van der Waals surface area contributed by atoms with Gasteiger partial charge in [0.05, 0.1) is 17.7 Å². The molecule has 4 rings (SSSR count). The summed E-state index contributed by atoms with van der Waals surface area (Å²) in [6.07, 6.45) is 0.629. The summed E-state index contributed by atoms with van der Waals surface area (Å²) in [6.45, 7) is 1.61. The Hall–Kier alpha value is -3.85. The molecule has 0 fully saturated rings. The first-order valence-electron chi connectivity index (χ1n) is 10.6. The number of methoxy groups -OCH3 is 1. The van der Waals surface area contributed by atoms with E-state index in [0.717, 1.165) is 5.56 Å². The van der Waals surface area contributed by atoms with Crippen molar-refractivity contribution in [1.29, 1.82) is 0 Å². The van der Waals surface area contributed by atoms with E-state index in [2.05, 4.69) is 10.1 Å². The Balaban J connectivity index is 1.54. The fraction of sp³-hybridized carbons (Fsp3) is 0.200. The van der Waals surface area contributed by atoms with Crippen LogP contribution in [0.1, 0.15) is 22.8 Å². The molecule has 1 aliphatic rings. The van der Waals surface area contributed by atoms with Crippen molar-refractivity contribution in [3.8, 4) is 5.75 Å². The predicted molar refractivity (Wildman–Crippen MR) is 128 cm³/mol. The lowest BCUT2D eigenvalue weighted by atomic mass is 10.1. The Bertz CT molecular complexity index is 1340. The minimum absolute atomic E-state index is 0.0406. The number of nitrogens with zero attached hydrogens (tertiary/aromatic N) is 1. The zero-order valence-electron chi connectivity index (χ0n) is 18.7. The summed E-state index contributed by atoms with van der Waals surface area (Å²) in [7, 11) is -2.60. The Morgan fingerprint density at radius 3 is 2.59 bits per heavy atom. The van der Waals surface area contributed by atoms with Crippen LogP contribution in [0.2, 0.25) is 0 Å². The number of esters is 1. The lowest BCUT2D eigenvalue weighted by Crippen LogP contribution is -2.35. The molecule has 0 spiro atoms. The molecule has 1 amide bonds. The van der Waals surface area contributed by atoms with Crippen LogP contribution in [0.5, 0.6) is 5.75 Å². The van der Waals surface area contributed by atoms with Crippen LogP contribution in [-0.4, -0.2) is 40.1 Å². The van der Waals surface area contributed by atoms with Crippen molar-refractivity contribution in [2.45, 2.75) is 24.3 Å². The van der Waals surface area contributed by atoms with Gasteiger partial charge >= 0.3 is 5.97 Å². The highest BCUT2D eigenvalue weighted by atomic mass is 32.2. The number of rotatable bonds is 7. The van der Waals surface area contributed by atoms with Crippen LogP contribution < -0.4 is 14.4 Å². The smallest absolute Gasteiger partial charge is 0.343 e. The maximum Gasteiger partial charge on any atom is 0.343 e. The van der Waals surface area contributed by atoms with Crippen LogP contribution in [-0.2, 0) is 26.0 Å². The van der Waals surface area contributed by atoms with Crippen LogP contribution in [0.4, 0.5) is 11.4 Å². The number of ether oxygens (including phenoxy) is 2. The van der Waals surface area contributed by atoms with Crippen LogP contribution in [0.25, 0.3) is 0 Å². The molecule has 0 saturated carbocycles. The molecule has 1 heterocycles. The number of para-hydroxylation sites is 1. The molecule has 3 aromatic rings. The minimum atomic E-state index is -3.87. The van der Waals surface area contributed by atoms with Crippen LogP contribution in [0.15, 0.2) is 77.7 Å². The molecule has 0 aromatic heterocycles. The molecule has 1 atom stereocenters. The van der Waals surface area contributed by atoms with Crippen molar-refractivity contribution < 1.29 is 27.5 Å². The van der Waals surface area contributed by atoms with Gasteiger partial charge in [-0.15, -0.1) is 0 Å². The lowest BCUT2D eigenvalue weighted by molar-refractivity contribution is -0.142. The second-order valence-corrected chi connectivity index (χ2v) is 9.67. The summed E-state index contributed by atoms with van der Waals surface area (Å²) in [4.78, 5) is 24.2. The van der Waals surface area contributed by atoms with Crippen LogP contribution in [0.3, 0.4) is 0 Å². The summed E-state index contributed by atoms with van der Waals surface area (Å²) in [6, 6.07) is 19.7. The first-order chi connectivity index (χ1) is 16.3. The summed E-state index contributed by atoms with van der Waals surface area (Å²) in [5.41, 5.74) is 2.26. The Labute approximate surface area is 198 Å². The Morgan fingerprint density at radius 1 is 1.03 bits per heavy atom.